The lowest BCUT2D eigenvalue weighted by Crippen LogP contribution is -2.39. The van der Waals surface area contributed by atoms with Gasteiger partial charge in [-0.3, -0.25) is 14.8 Å². The number of morpholine rings is 1. The number of carbonyl (C=O) groups is 2. The van der Waals surface area contributed by atoms with E-state index in [-0.39, 0.29) is 27.9 Å². The smallest absolute Gasteiger partial charge is 0.276 e. The molecule has 2 amide bonds. The Balaban J connectivity index is 1.60. The van der Waals surface area contributed by atoms with Gasteiger partial charge in [0.25, 0.3) is 5.91 Å². The predicted molar refractivity (Wildman–Crippen MR) is 147 cm³/mol. The van der Waals surface area contributed by atoms with Gasteiger partial charge in [0.1, 0.15) is 5.75 Å². The van der Waals surface area contributed by atoms with Crippen LogP contribution >= 0.6 is 0 Å². The van der Waals surface area contributed by atoms with Crippen LogP contribution in [0.25, 0.3) is 6.08 Å². The second kappa shape index (κ2) is 12.7. The third-order valence-electron chi connectivity index (χ3n) is 6.38. The van der Waals surface area contributed by atoms with Gasteiger partial charge in [0.05, 0.1) is 36.5 Å². The van der Waals surface area contributed by atoms with Crippen LogP contribution in [0.15, 0.2) is 70.7 Å². The lowest BCUT2D eigenvalue weighted by Gasteiger charge is -2.25. The van der Waals surface area contributed by atoms with Gasteiger partial charge in [0.15, 0.2) is 5.03 Å². The molecule has 11 nitrogen and oxygen atoms in total. The molecule has 0 atom stereocenters. The summed E-state index contributed by atoms with van der Waals surface area (Å²) >= 11 is 0. The zero-order chi connectivity index (χ0) is 28.7. The molecule has 0 radical (unpaired) electrons. The summed E-state index contributed by atoms with van der Waals surface area (Å²) in [7, 11) is -2.46. The maximum atomic E-state index is 13.4. The Kier molecular flexibility index (Phi) is 9.15. The molecule has 1 aromatic heterocycles. The monoisotopic (exact) mass is 566 g/mol. The molecule has 2 aromatic carbocycles. The molecule has 12 heteroatoms. The number of methoxy groups -OCH3 is 1. The van der Waals surface area contributed by atoms with Crippen LogP contribution in [-0.2, 0) is 25.9 Å². The van der Waals surface area contributed by atoms with E-state index in [1.807, 2.05) is 0 Å². The van der Waals surface area contributed by atoms with Crippen LogP contribution in [0.2, 0.25) is 0 Å². The molecule has 0 spiro atoms. The average molecular weight is 567 g/mol. The molecule has 0 unspecified atom stereocenters. The van der Waals surface area contributed by atoms with E-state index in [1.165, 1.54) is 37.6 Å². The van der Waals surface area contributed by atoms with Crippen molar-refractivity contribution in [2.45, 2.75) is 23.4 Å². The number of sulfone groups is 1. The van der Waals surface area contributed by atoms with Gasteiger partial charge >= 0.3 is 0 Å². The Hall–Kier alpha value is -4.26. The number of aromatic nitrogens is 1. The van der Waals surface area contributed by atoms with Crippen molar-refractivity contribution in [1.82, 2.24) is 15.4 Å². The zero-order valence-electron chi connectivity index (χ0n) is 22.1. The fourth-order valence-corrected chi connectivity index (χ4v) is 5.70. The number of benzene rings is 2. The van der Waals surface area contributed by atoms with Gasteiger partial charge in [0, 0.05) is 37.5 Å². The minimum absolute atomic E-state index is 0.0236. The molecule has 0 bridgehead atoms. The van der Waals surface area contributed by atoms with Crippen LogP contribution in [0.3, 0.4) is 0 Å². The summed E-state index contributed by atoms with van der Waals surface area (Å²) in [5, 5.41) is 12.4. The fourth-order valence-electron chi connectivity index (χ4n) is 4.29. The van der Waals surface area contributed by atoms with Gasteiger partial charge in [-0.1, -0.05) is 6.07 Å². The van der Waals surface area contributed by atoms with Crippen LogP contribution in [0, 0.1) is 6.92 Å². The van der Waals surface area contributed by atoms with Gasteiger partial charge in [-0.2, -0.15) is 0 Å². The average Bonchev–Trinajstić information content (AvgIpc) is 2.99. The minimum Gasteiger partial charge on any atom is -0.497 e. The Bertz CT molecular complexity index is 1520. The lowest BCUT2D eigenvalue weighted by molar-refractivity contribution is -0.129. The van der Waals surface area contributed by atoms with Gasteiger partial charge in [-0.25, -0.2) is 18.9 Å². The highest BCUT2D eigenvalue weighted by Gasteiger charge is 2.24. The van der Waals surface area contributed by atoms with Crippen molar-refractivity contribution < 1.29 is 32.7 Å². The summed E-state index contributed by atoms with van der Waals surface area (Å²) in [5.41, 5.74) is 3.75. The SMILES string of the molecule is COc1ccc(S(=O)(=O)c2ncccc2CNc2c(C)cc(C=CC(=O)N3CCOCC3)cc2C(=O)NO)cc1. The first-order chi connectivity index (χ1) is 19.2. The van der Waals surface area contributed by atoms with E-state index in [0.29, 0.717) is 54.4 Å². The van der Waals surface area contributed by atoms with E-state index in [2.05, 4.69) is 10.3 Å². The van der Waals surface area contributed by atoms with Crippen molar-refractivity contribution in [3.05, 3.63) is 83.1 Å². The van der Waals surface area contributed by atoms with Crippen molar-refractivity contribution in [2.24, 2.45) is 0 Å². The number of amides is 2. The normalized spacial score (nSPS) is 13.7. The Morgan fingerprint density at radius 1 is 1.15 bits per heavy atom. The second-order valence-electron chi connectivity index (χ2n) is 8.97. The molecule has 1 aliphatic heterocycles. The standard InChI is InChI=1S/C28H30N4O7S/c1-19-16-20(5-10-25(33)32-12-14-39-15-13-32)17-24(27(34)31-35)26(19)30-18-21-4-3-11-29-28(21)40(36,37)23-8-6-22(38-2)7-9-23/h3-11,16-17,30,35H,12-15,18H2,1-2H3,(H,31,34). The number of nitrogens with zero attached hydrogens (tertiary/aromatic N) is 2. The molecule has 0 saturated carbocycles. The van der Waals surface area contributed by atoms with Crippen LogP contribution in [0.5, 0.6) is 5.75 Å². The summed E-state index contributed by atoms with van der Waals surface area (Å²) in [6.45, 7) is 3.77. The Labute approximate surface area is 232 Å². The van der Waals surface area contributed by atoms with Crippen molar-refractivity contribution >= 4 is 33.4 Å². The van der Waals surface area contributed by atoms with E-state index in [0.717, 1.165) is 0 Å². The summed E-state index contributed by atoms with van der Waals surface area (Å²) in [6, 6.07) is 12.6. The second-order valence-corrected chi connectivity index (χ2v) is 10.8. The molecule has 1 fully saturated rings. The molecular formula is C28H30N4O7S. The number of anilines is 1. The van der Waals surface area contributed by atoms with Gasteiger partial charge in [-0.05, 0) is 66.6 Å². The first-order valence-electron chi connectivity index (χ1n) is 12.5. The molecular weight excluding hydrogens is 536 g/mol. The molecule has 1 saturated heterocycles. The molecule has 0 aliphatic carbocycles. The predicted octanol–water partition coefficient (Wildman–Crippen LogP) is 2.83. The number of pyridine rings is 1. The van der Waals surface area contributed by atoms with Gasteiger partial charge in [-0.15, -0.1) is 0 Å². The molecule has 3 aromatic rings. The molecule has 1 aliphatic rings. The minimum atomic E-state index is -3.95. The van der Waals surface area contributed by atoms with E-state index >= 15 is 0 Å². The highest BCUT2D eigenvalue weighted by atomic mass is 32.2. The topological polar surface area (TPSA) is 147 Å². The maximum Gasteiger partial charge on any atom is 0.276 e. The number of rotatable bonds is 9. The first kappa shape index (κ1) is 28.7. The lowest BCUT2D eigenvalue weighted by atomic mass is 10.0. The van der Waals surface area contributed by atoms with Crippen molar-refractivity contribution in [3.8, 4) is 5.75 Å². The molecule has 4 rings (SSSR count). The van der Waals surface area contributed by atoms with Gasteiger partial charge < -0.3 is 19.7 Å². The largest absolute Gasteiger partial charge is 0.497 e. The highest BCUT2D eigenvalue weighted by molar-refractivity contribution is 7.91. The molecule has 210 valence electrons. The quantitative estimate of drug-likeness (QED) is 0.202. The van der Waals surface area contributed by atoms with Crippen molar-refractivity contribution in [1.29, 1.82) is 0 Å². The van der Waals surface area contributed by atoms with Crippen LogP contribution in [0.1, 0.15) is 27.0 Å². The number of nitrogens with one attached hydrogen (secondary N) is 2. The summed E-state index contributed by atoms with van der Waals surface area (Å²) in [5.74, 6) is -0.410. The van der Waals surface area contributed by atoms with Crippen LogP contribution < -0.4 is 15.5 Å². The van der Waals surface area contributed by atoms with E-state index in [9.17, 15) is 23.2 Å². The van der Waals surface area contributed by atoms with E-state index in [4.69, 9.17) is 9.47 Å². The van der Waals surface area contributed by atoms with Gasteiger partial charge in [0.2, 0.25) is 15.7 Å². The Morgan fingerprint density at radius 2 is 1.88 bits per heavy atom. The summed E-state index contributed by atoms with van der Waals surface area (Å²) in [6.07, 6.45) is 4.43. The van der Waals surface area contributed by atoms with Crippen molar-refractivity contribution in [2.75, 3.05) is 38.7 Å². The number of hydrogen-bond acceptors (Lipinski definition) is 9. The number of hydrogen-bond donors (Lipinski definition) is 3. The third-order valence-corrected chi connectivity index (χ3v) is 8.14. The van der Waals surface area contributed by atoms with E-state index in [1.54, 1.807) is 53.7 Å². The highest BCUT2D eigenvalue weighted by Crippen LogP contribution is 2.28. The number of hydroxylamine groups is 1. The van der Waals surface area contributed by atoms with Crippen LogP contribution in [0.4, 0.5) is 5.69 Å². The summed E-state index contributed by atoms with van der Waals surface area (Å²) in [4.78, 5) is 30.9. The fraction of sp³-hybridized carbons (Fsp3) is 0.250. The zero-order valence-corrected chi connectivity index (χ0v) is 22.9. The first-order valence-corrected chi connectivity index (χ1v) is 13.9. The molecule has 40 heavy (non-hydrogen) atoms. The van der Waals surface area contributed by atoms with Crippen LogP contribution in [-0.4, -0.2) is 68.7 Å². The van der Waals surface area contributed by atoms with Crippen molar-refractivity contribution in [3.63, 3.8) is 0 Å². The van der Waals surface area contributed by atoms with E-state index < -0.39 is 15.7 Å². The maximum absolute atomic E-state index is 13.4. The Morgan fingerprint density at radius 3 is 2.55 bits per heavy atom. The third kappa shape index (κ3) is 6.47. The summed E-state index contributed by atoms with van der Waals surface area (Å²) < 4.78 is 37.1. The number of ether oxygens (including phenoxy) is 2. The number of aryl methyl sites for hydroxylation is 1. The molecule has 2 heterocycles. The molecule has 3 N–H and O–H groups in total. The number of carbonyl (C=O) groups excluding carboxylic acids is 2.